The molecule has 1 aliphatic heterocycles. The maximum absolute atomic E-state index is 13.0. The van der Waals surface area contributed by atoms with Gasteiger partial charge in [0.1, 0.15) is 11.9 Å². The van der Waals surface area contributed by atoms with Gasteiger partial charge in [-0.25, -0.2) is 4.39 Å². The van der Waals surface area contributed by atoms with Crippen molar-refractivity contribution in [2.45, 2.75) is 39.0 Å². The van der Waals surface area contributed by atoms with Crippen LogP contribution < -0.4 is 5.32 Å². The highest BCUT2D eigenvalue weighted by Crippen LogP contribution is 2.24. The summed E-state index contributed by atoms with van der Waals surface area (Å²) < 4.78 is 24.0. The fourth-order valence-electron chi connectivity index (χ4n) is 2.76. The van der Waals surface area contributed by atoms with Gasteiger partial charge in [-0.2, -0.15) is 0 Å². The van der Waals surface area contributed by atoms with Crippen LogP contribution in [0.2, 0.25) is 0 Å². The van der Waals surface area contributed by atoms with E-state index in [4.69, 9.17) is 9.15 Å². The fraction of sp³-hybridized carbons (Fsp3) is 0.471. The highest BCUT2D eigenvalue weighted by Gasteiger charge is 2.40. The molecule has 0 aliphatic carbocycles. The van der Waals surface area contributed by atoms with E-state index < -0.39 is 6.04 Å². The molecule has 7 nitrogen and oxygen atoms in total. The standard InChI is InChI=1S/C17H21FN4O3/c1-4-24-14-9-22(11(14)3)16(23)10(2)19-17-21-20-15(25-17)12-5-7-13(18)8-6-12/h5-8,10-11,14H,4,9H2,1-3H3,(H,19,21)/t10-,11+,14-/m1/s1. The van der Waals surface area contributed by atoms with Crippen molar-refractivity contribution in [1.82, 2.24) is 15.1 Å². The molecule has 0 unspecified atom stereocenters. The molecule has 1 saturated heterocycles. The van der Waals surface area contributed by atoms with Crippen LogP contribution in [-0.2, 0) is 9.53 Å². The number of nitrogens with one attached hydrogen (secondary N) is 1. The van der Waals surface area contributed by atoms with Crippen LogP contribution in [0.1, 0.15) is 20.8 Å². The molecule has 8 heteroatoms. The van der Waals surface area contributed by atoms with Gasteiger partial charge in [0.25, 0.3) is 0 Å². The fourth-order valence-corrected chi connectivity index (χ4v) is 2.76. The van der Waals surface area contributed by atoms with E-state index in [0.717, 1.165) is 0 Å². The van der Waals surface area contributed by atoms with Crippen molar-refractivity contribution in [2.24, 2.45) is 0 Å². The number of amides is 1. The lowest BCUT2D eigenvalue weighted by Crippen LogP contribution is -2.64. The Labute approximate surface area is 145 Å². The summed E-state index contributed by atoms with van der Waals surface area (Å²) in [4.78, 5) is 14.2. The van der Waals surface area contributed by atoms with Crippen LogP contribution in [0.25, 0.3) is 11.5 Å². The number of hydrogen-bond acceptors (Lipinski definition) is 6. The van der Waals surface area contributed by atoms with Gasteiger partial charge in [0.05, 0.1) is 12.1 Å². The molecule has 0 bridgehead atoms. The van der Waals surface area contributed by atoms with Gasteiger partial charge in [0.2, 0.25) is 11.8 Å². The van der Waals surface area contributed by atoms with Gasteiger partial charge in [-0.1, -0.05) is 5.10 Å². The summed E-state index contributed by atoms with van der Waals surface area (Å²) in [6.45, 7) is 6.87. The van der Waals surface area contributed by atoms with Crippen molar-refractivity contribution in [2.75, 3.05) is 18.5 Å². The first-order valence-corrected chi connectivity index (χ1v) is 8.27. The summed E-state index contributed by atoms with van der Waals surface area (Å²) >= 11 is 0. The van der Waals surface area contributed by atoms with Crippen LogP contribution in [0, 0.1) is 5.82 Å². The number of aromatic nitrogens is 2. The van der Waals surface area contributed by atoms with Crippen LogP contribution in [0.4, 0.5) is 10.4 Å². The molecule has 1 aromatic carbocycles. The summed E-state index contributed by atoms with van der Waals surface area (Å²) in [5.41, 5.74) is 0.608. The molecule has 1 amide bonds. The topological polar surface area (TPSA) is 80.5 Å². The zero-order valence-corrected chi connectivity index (χ0v) is 14.4. The van der Waals surface area contributed by atoms with E-state index in [-0.39, 0.29) is 35.8 Å². The third kappa shape index (κ3) is 3.63. The highest BCUT2D eigenvalue weighted by molar-refractivity contribution is 5.84. The summed E-state index contributed by atoms with van der Waals surface area (Å²) in [5.74, 6) is -0.129. The number of ether oxygens (including phenoxy) is 1. The van der Waals surface area contributed by atoms with Crippen LogP contribution in [0.15, 0.2) is 28.7 Å². The summed E-state index contributed by atoms with van der Waals surface area (Å²) in [6.07, 6.45) is 0.0923. The van der Waals surface area contributed by atoms with E-state index in [1.54, 1.807) is 24.0 Å². The minimum Gasteiger partial charge on any atom is -0.403 e. The largest absolute Gasteiger partial charge is 0.403 e. The molecular formula is C17H21FN4O3. The third-order valence-electron chi connectivity index (χ3n) is 4.30. The minimum atomic E-state index is -0.508. The molecule has 2 aromatic rings. The lowest BCUT2D eigenvalue weighted by atomic mass is 10.00. The molecule has 0 spiro atoms. The number of likely N-dealkylation sites (tertiary alicyclic amines) is 1. The molecule has 0 radical (unpaired) electrons. The molecule has 1 aromatic heterocycles. The van der Waals surface area contributed by atoms with Crippen molar-refractivity contribution >= 4 is 11.9 Å². The monoisotopic (exact) mass is 348 g/mol. The van der Waals surface area contributed by atoms with Gasteiger partial charge >= 0.3 is 6.01 Å². The van der Waals surface area contributed by atoms with Crippen LogP contribution in [-0.4, -0.2) is 52.3 Å². The Bertz CT molecular complexity index is 734. The maximum Gasteiger partial charge on any atom is 0.316 e. The summed E-state index contributed by atoms with van der Waals surface area (Å²) in [7, 11) is 0. The minimum absolute atomic E-state index is 0.0501. The number of halogens is 1. The Kier molecular flexibility index (Phi) is 4.98. The number of rotatable bonds is 6. The van der Waals surface area contributed by atoms with Crippen molar-refractivity contribution in [1.29, 1.82) is 0 Å². The molecular weight excluding hydrogens is 327 g/mol. The Morgan fingerprint density at radius 2 is 2.16 bits per heavy atom. The van der Waals surface area contributed by atoms with Gasteiger partial charge in [0.15, 0.2) is 0 Å². The molecule has 0 saturated carbocycles. The van der Waals surface area contributed by atoms with E-state index in [2.05, 4.69) is 15.5 Å². The van der Waals surface area contributed by atoms with Crippen molar-refractivity contribution in [3.63, 3.8) is 0 Å². The van der Waals surface area contributed by atoms with Gasteiger partial charge in [-0.15, -0.1) is 5.10 Å². The molecule has 1 N–H and O–H groups in total. The predicted molar refractivity (Wildman–Crippen MR) is 89.4 cm³/mol. The number of anilines is 1. The Morgan fingerprint density at radius 3 is 2.80 bits per heavy atom. The Balaban J connectivity index is 1.59. The molecule has 3 atom stereocenters. The van der Waals surface area contributed by atoms with Crippen molar-refractivity contribution in [3.05, 3.63) is 30.1 Å². The number of carbonyl (C=O) groups excluding carboxylic acids is 1. The second kappa shape index (κ2) is 7.18. The van der Waals surface area contributed by atoms with Crippen LogP contribution in [0.3, 0.4) is 0 Å². The Hall–Kier alpha value is -2.48. The molecule has 134 valence electrons. The molecule has 1 fully saturated rings. The average Bonchev–Trinajstić information content (AvgIpc) is 3.06. The lowest BCUT2D eigenvalue weighted by molar-refractivity contribution is -0.155. The normalized spacial score (nSPS) is 20.9. The van der Waals surface area contributed by atoms with Gasteiger partial charge in [-0.05, 0) is 45.0 Å². The SMILES string of the molecule is CCO[C@@H]1CN(C(=O)[C@@H](C)Nc2nnc(-c3ccc(F)cc3)o2)[C@H]1C. The number of carbonyl (C=O) groups is 1. The quantitative estimate of drug-likeness (QED) is 0.863. The first-order valence-electron chi connectivity index (χ1n) is 8.27. The molecule has 2 heterocycles. The molecule has 3 rings (SSSR count). The second-order valence-corrected chi connectivity index (χ2v) is 6.01. The zero-order valence-electron chi connectivity index (χ0n) is 14.4. The van der Waals surface area contributed by atoms with E-state index in [1.807, 2.05) is 13.8 Å². The molecule has 1 aliphatic rings. The van der Waals surface area contributed by atoms with Crippen molar-refractivity contribution < 1.29 is 18.3 Å². The molecule has 25 heavy (non-hydrogen) atoms. The maximum atomic E-state index is 13.0. The second-order valence-electron chi connectivity index (χ2n) is 6.01. The van der Waals surface area contributed by atoms with Gasteiger partial charge in [0, 0.05) is 18.7 Å². The zero-order chi connectivity index (χ0) is 18.0. The van der Waals surface area contributed by atoms with E-state index in [9.17, 15) is 9.18 Å². The smallest absolute Gasteiger partial charge is 0.316 e. The average molecular weight is 348 g/mol. The van der Waals surface area contributed by atoms with Gasteiger partial charge in [-0.3, -0.25) is 4.79 Å². The van der Waals surface area contributed by atoms with E-state index in [1.165, 1.54) is 12.1 Å². The first-order chi connectivity index (χ1) is 12.0. The number of hydrogen-bond donors (Lipinski definition) is 1. The first kappa shape index (κ1) is 17.3. The lowest BCUT2D eigenvalue weighted by Gasteiger charge is -2.46. The van der Waals surface area contributed by atoms with E-state index >= 15 is 0 Å². The summed E-state index contributed by atoms with van der Waals surface area (Å²) in [5, 5.41) is 10.7. The predicted octanol–water partition coefficient (Wildman–Crippen LogP) is 2.31. The summed E-state index contributed by atoms with van der Waals surface area (Å²) in [6, 6.07) is 5.43. The van der Waals surface area contributed by atoms with Gasteiger partial charge < -0.3 is 19.4 Å². The third-order valence-corrected chi connectivity index (χ3v) is 4.30. The van der Waals surface area contributed by atoms with Crippen LogP contribution >= 0.6 is 0 Å². The van der Waals surface area contributed by atoms with E-state index in [0.29, 0.717) is 18.7 Å². The number of nitrogens with zero attached hydrogens (tertiary/aromatic N) is 3. The van der Waals surface area contributed by atoms with Crippen LogP contribution in [0.5, 0.6) is 0 Å². The number of benzene rings is 1. The highest BCUT2D eigenvalue weighted by atomic mass is 19.1. The Morgan fingerprint density at radius 1 is 1.44 bits per heavy atom. The van der Waals surface area contributed by atoms with Crippen molar-refractivity contribution in [3.8, 4) is 11.5 Å².